The molecule has 0 radical (unpaired) electrons. The molecule has 0 aromatic carbocycles. The number of carbonyl (C=O) groups is 1. The molecule has 1 N–H and O–H groups in total. The third-order valence-electron chi connectivity index (χ3n) is 3.10. The molecule has 8 heteroatoms. The Morgan fingerprint density at radius 3 is 2.94 bits per heavy atom. The summed E-state index contributed by atoms with van der Waals surface area (Å²) < 4.78 is 24.0. The number of aromatic nitrogens is 3. The zero-order chi connectivity index (χ0) is 13.2. The van der Waals surface area contributed by atoms with Gasteiger partial charge in [-0.15, -0.1) is 0 Å². The predicted octanol–water partition coefficient (Wildman–Crippen LogP) is -0.610. The Labute approximate surface area is 106 Å². The maximum atomic E-state index is 11.8. The molecule has 0 unspecified atom stereocenters. The van der Waals surface area contributed by atoms with Gasteiger partial charge in [0, 0.05) is 6.54 Å². The molecule has 0 aliphatic carbocycles. The van der Waals surface area contributed by atoms with Gasteiger partial charge in [0.25, 0.3) is 0 Å². The Hall–Kier alpha value is -1.44. The van der Waals surface area contributed by atoms with Gasteiger partial charge >= 0.3 is 0 Å². The van der Waals surface area contributed by atoms with Gasteiger partial charge in [-0.2, -0.15) is 5.10 Å². The van der Waals surface area contributed by atoms with Gasteiger partial charge in [-0.1, -0.05) is 0 Å². The van der Waals surface area contributed by atoms with E-state index in [1.807, 2.05) is 0 Å². The van der Waals surface area contributed by atoms with Crippen LogP contribution in [0.25, 0.3) is 0 Å². The summed E-state index contributed by atoms with van der Waals surface area (Å²) in [7, 11) is -2.89. The second kappa shape index (κ2) is 5.05. The molecule has 7 nitrogen and oxygen atoms in total. The fourth-order valence-corrected chi connectivity index (χ4v) is 3.83. The fraction of sp³-hybridized carbons (Fsp3) is 0.700. The van der Waals surface area contributed by atoms with Crippen LogP contribution in [0.5, 0.6) is 0 Å². The van der Waals surface area contributed by atoms with Crippen molar-refractivity contribution in [3.05, 3.63) is 12.7 Å². The molecule has 2 rings (SSSR count). The van der Waals surface area contributed by atoms with E-state index in [1.54, 1.807) is 6.92 Å². The number of sulfone groups is 1. The third kappa shape index (κ3) is 3.06. The first-order valence-corrected chi connectivity index (χ1v) is 7.62. The van der Waals surface area contributed by atoms with E-state index in [2.05, 4.69) is 15.4 Å². The summed E-state index contributed by atoms with van der Waals surface area (Å²) in [5, 5.41) is 6.65. The number of amides is 1. The van der Waals surface area contributed by atoms with Crippen LogP contribution in [0.15, 0.2) is 12.7 Å². The number of rotatable bonds is 4. The molecule has 100 valence electrons. The number of nitrogens with one attached hydrogen (secondary N) is 1. The smallest absolute Gasteiger partial charge is 0.244 e. The summed E-state index contributed by atoms with van der Waals surface area (Å²) >= 11 is 0. The Balaban J connectivity index is 1.82. The van der Waals surface area contributed by atoms with E-state index in [0.717, 1.165) is 0 Å². The summed E-state index contributed by atoms with van der Waals surface area (Å²) in [5.41, 5.74) is 0. The summed E-state index contributed by atoms with van der Waals surface area (Å²) in [6.07, 6.45) is 3.47. The van der Waals surface area contributed by atoms with E-state index in [4.69, 9.17) is 0 Å². The van der Waals surface area contributed by atoms with E-state index in [0.29, 0.717) is 13.0 Å². The average molecular weight is 272 g/mol. The van der Waals surface area contributed by atoms with Crippen LogP contribution in [-0.2, 0) is 14.6 Å². The molecule has 1 saturated heterocycles. The zero-order valence-corrected chi connectivity index (χ0v) is 10.9. The monoisotopic (exact) mass is 272 g/mol. The minimum atomic E-state index is -2.89. The Bertz CT molecular complexity index is 511. The molecule has 18 heavy (non-hydrogen) atoms. The molecule has 2 heterocycles. The normalized spacial score (nSPS) is 23.7. The fourth-order valence-electron chi connectivity index (χ4n) is 1.96. The number of hydrogen-bond donors (Lipinski definition) is 1. The van der Waals surface area contributed by atoms with Crippen molar-refractivity contribution < 1.29 is 13.2 Å². The van der Waals surface area contributed by atoms with Gasteiger partial charge in [0.2, 0.25) is 5.91 Å². The number of hydrogen-bond acceptors (Lipinski definition) is 5. The van der Waals surface area contributed by atoms with Crippen molar-refractivity contribution in [2.24, 2.45) is 5.92 Å². The van der Waals surface area contributed by atoms with Crippen molar-refractivity contribution in [1.29, 1.82) is 0 Å². The average Bonchev–Trinajstić information content (AvgIpc) is 2.94. The van der Waals surface area contributed by atoms with Crippen molar-refractivity contribution >= 4 is 15.7 Å². The molecular weight excluding hydrogens is 256 g/mol. The van der Waals surface area contributed by atoms with Crippen LogP contribution >= 0.6 is 0 Å². The summed E-state index contributed by atoms with van der Waals surface area (Å²) in [6.45, 7) is 2.12. The number of nitrogens with zero attached hydrogens (tertiary/aromatic N) is 3. The Morgan fingerprint density at radius 2 is 2.39 bits per heavy atom. The van der Waals surface area contributed by atoms with Crippen LogP contribution in [0.2, 0.25) is 0 Å². The molecule has 0 spiro atoms. The van der Waals surface area contributed by atoms with Crippen LogP contribution in [0.3, 0.4) is 0 Å². The highest BCUT2D eigenvalue weighted by atomic mass is 32.2. The maximum Gasteiger partial charge on any atom is 0.244 e. The van der Waals surface area contributed by atoms with E-state index >= 15 is 0 Å². The van der Waals surface area contributed by atoms with Crippen LogP contribution in [0.1, 0.15) is 19.4 Å². The Morgan fingerprint density at radius 1 is 1.61 bits per heavy atom. The lowest BCUT2D eigenvalue weighted by Gasteiger charge is -2.14. The van der Waals surface area contributed by atoms with E-state index in [9.17, 15) is 13.2 Å². The van der Waals surface area contributed by atoms with Gasteiger partial charge in [-0.05, 0) is 19.3 Å². The first kappa shape index (κ1) is 13.0. The maximum absolute atomic E-state index is 11.8. The third-order valence-corrected chi connectivity index (χ3v) is 4.94. The minimum Gasteiger partial charge on any atom is -0.354 e. The van der Waals surface area contributed by atoms with E-state index in [1.165, 1.54) is 17.3 Å². The van der Waals surface area contributed by atoms with Gasteiger partial charge < -0.3 is 5.32 Å². The topological polar surface area (TPSA) is 94.0 Å². The zero-order valence-electron chi connectivity index (χ0n) is 10.1. The lowest BCUT2D eigenvalue weighted by Crippen LogP contribution is -2.35. The van der Waals surface area contributed by atoms with Crippen molar-refractivity contribution in [2.75, 3.05) is 18.1 Å². The highest BCUT2D eigenvalue weighted by molar-refractivity contribution is 7.91. The predicted molar refractivity (Wildman–Crippen MR) is 64.5 cm³/mol. The Kier molecular flexibility index (Phi) is 3.65. The molecule has 1 fully saturated rings. The van der Waals surface area contributed by atoms with Crippen molar-refractivity contribution in [3.63, 3.8) is 0 Å². The van der Waals surface area contributed by atoms with Crippen molar-refractivity contribution in [1.82, 2.24) is 20.1 Å². The largest absolute Gasteiger partial charge is 0.354 e. The van der Waals surface area contributed by atoms with Crippen LogP contribution in [0.4, 0.5) is 0 Å². The van der Waals surface area contributed by atoms with E-state index in [-0.39, 0.29) is 23.3 Å². The second-order valence-corrected chi connectivity index (χ2v) is 6.79. The van der Waals surface area contributed by atoms with Crippen molar-refractivity contribution in [3.8, 4) is 0 Å². The van der Waals surface area contributed by atoms with Crippen LogP contribution in [-0.4, -0.2) is 47.1 Å². The second-order valence-electron chi connectivity index (χ2n) is 4.57. The molecule has 0 bridgehead atoms. The quantitative estimate of drug-likeness (QED) is 0.789. The lowest BCUT2D eigenvalue weighted by atomic mass is 10.1. The lowest BCUT2D eigenvalue weighted by molar-refractivity contribution is -0.124. The molecule has 1 aromatic rings. The molecule has 0 saturated carbocycles. The highest BCUT2D eigenvalue weighted by Crippen LogP contribution is 2.17. The van der Waals surface area contributed by atoms with E-state index < -0.39 is 15.9 Å². The SMILES string of the molecule is C[C@H](C(=O)NC[C@H]1CCS(=O)(=O)C1)n1cncn1. The molecule has 2 atom stereocenters. The van der Waals surface area contributed by atoms with Gasteiger partial charge in [-0.3, -0.25) is 4.79 Å². The minimum absolute atomic E-state index is 0.0295. The first-order valence-electron chi connectivity index (χ1n) is 5.80. The van der Waals surface area contributed by atoms with Gasteiger partial charge in [0.1, 0.15) is 18.7 Å². The molecule has 1 aliphatic heterocycles. The van der Waals surface area contributed by atoms with Gasteiger partial charge in [0.15, 0.2) is 9.84 Å². The summed E-state index contributed by atoms with van der Waals surface area (Å²) in [6, 6.07) is -0.439. The van der Waals surface area contributed by atoms with Gasteiger partial charge in [-0.25, -0.2) is 18.1 Å². The standard InChI is InChI=1S/C10H16N4O3S/c1-8(14-7-11-6-13-14)10(15)12-4-9-2-3-18(16,17)5-9/h6-9H,2-5H2,1H3,(H,12,15)/t8-,9-/m1/s1. The molecule has 1 aromatic heterocycles. The molecular formula is C10H16N4O3S. The number of carbonyl (C=O) groups excluding carboxylic acids is 1. The van der Waals surface area contributed by atoms with Crippen LogP contribution in [0, 0.1) is 5.92 Å². The van der Waals surface area contributed by atoms with Gasteiger partial charge in [0.05, 0.1) is 11.5 Å². The van der Waals surface area contributed by atoms with Crippen molar-refractivity contribution in [2.45, 2.75) is 19.4 Å². The highest BCUT2D eigenvalue weighted by Gasteiger charge is 2.28. The summed E-state index contributed by atoms with van der Waals surface area (Å²) in [5.74, 6) is 0.253. The molecule has 1 aliphatic rings. The first-order chi connectivity index (χ1) is 8.48. The summed E-state index contributed by atoms with van der Waals surface area (Å²) in [4.78, 5) is 15.6. The molecule has 1 amide bonds. The van der Waals surface area contributed by atoms with Crippen LogP contribution < -0.4 is 5.32 Å².